The first-order valence-electron chi connectivity index (χ1n) is 5.06. The van der Waals surface area contributed by atoms with Crippen LogP contribution < -0.4 is 10.5 Å². The molecule has 0 aliphatic heterocycles. The van der Waals surface area contributed by atoms with Gasteiger partial charge in [-0.25, -0.2) is 0 Å². The molecule has 0 amide bonds. The summed E-state index contributed by atoms with van der Waals surface area (Å²) in [6.45, 7) is 6.11. The van der Waals surface area contributed by atoms with Crippen LogP contribution in [-0.2, 0) is 5.54 Å². The summed E-state index contributed by atoms with van der Waals surface area (Å²) in [4.78, 5) is 0. The summed E-state index contributed by atoms with van der Waals surface area (Å²) in [6.07, 6.45) is 0. The van der Waals surface area contributed by atoms with Gasteiger partial charge in [0.25, 0.3) is 0 Å². The molecule has 84 valence electrons. The van der Waals surface area contributed by atoms with Crippen molar-refractivity contribution in [2.45, 2.75) is 26.3 Å². The SMILES string of the molecule is COc1cc(C(C)(N)C(C)C)ccc1O. The van der Waals surface area contributed by atoms with Gasteiger partial charge in [0.05, 0.1) is 7.11 Å². The van der Waals surface area contributed by atoms with E-state index in [2.05, 4.69) is 13.8 Å². The van der Waals surface area contributed by atoms with Crippen LogP contribution in [0, 0.1) is 5.92 Å². The first-order chi connectivity index (χ1) is 6.89. The fraction of sp³-hybridized carbons (Fsp3) is 0.500. The average molecular weight is 209 g/mol. The van der Waals surface area contributed by atoms with Gasteiger partial charge in [0.2, 0.25) is 0 Å². The molecule has 0 radical (unpaired) electrons. The van der Waals surface area contributed by atoms with E-state index in [1.165, 1.54) is 7.11 Å². The molecular formula is C12H19NO2. The fourth-order valence-corrected chi connectivity index (χ4v) is 1.35. The Morgan fingerprint density at radius 1 is 1.40 bits per heavy atom. The summed E-state index contributed by atoms with van der Waals surface area (Å²) in [5.41, 5.74) is 6.77. The van der Waals surface area contributed by atoms with Crippen LogP contribution in [0.4, 0.5) is 0 Å². The van der Waals surface area contributed by atoms with Gasteiger partial charge in [-0.1, -0.05) is 19.9 Å². The van der Waals surface area contributed by atoms with Gasteiger partial charge >= 0.3 is 0 Å². The van der Waals surface area contributed by atoms with E-state index in [-0.39, 0.29) is 5.75 Å². The normalized spacial score (nSPS) is 15.1. The third-order valence-electron chi connectivity index (χ3n) is 3.00. The lowest BCUT2D eigenvalue weighted by Gasteiger charge is -2.30. The number of hydrogen-bond donors (Lipinski definition) is 2. The second-order valence-electron chi connectivity index (χ2n) is 4.32. The maximum atomic E-state index is 9.47. The second-order valence-corrected chi connectivity index (χ2v) is 4.32. The third kappa shape index (κ3) is 2.23. The molecule has 3 N–H and O–H groups in total. The number of phenolic OH excluding ortho intramolecular Hbond substituents is 1. The Labute approximate surface area is 90.9 Å². The van der Waals surface area contributed by atoms with Crippen LogP contribution in [0.3, 0.4) is 0 Å². The smallest absolute Gasteiger partial charge is 0.160 e. The number of ether oxygens (including phenoxy) is 1. The predicted octanol–water partition coefficient (Wildman–Crippen LogP) is 2.23. The molecule has 3 heteroatoms. The second kappa shape index (κ2) is 4.11. The maximum absolute atomic E-state index is 9.47. The van der Waals surface area contributed by atoms with E-state index in [1.807, 2.05) is 13.0 Å². The van der Waals surface area contributed by atoms with E-state index in [4.69, 9.17) is 10.5 Å². The van der Waals surface area contributed by atoms with Gasteiger partial charge in [0, 0.05) is 5.54 Å². The Balaban J connectivity index is 3.16. The number of aromatic hydroxyl groups is 1. The van der Waals surface area contributed by atoms with E-state index < -0.39 is 5.54 Å². The number of hydrogen-bond acceptors (Lipinski definition) is 3. The molecule has 1 atom stereocenters. The van der Waals surface area contributed by atoms with Crippen LogP contribution in [0.1, 0.15) is 26.3 Å². The van der Waals surface area contributed by atoms with Crippen LogP contribution in [-0.4, -0.2) is 12.2 Å². The highest BCUT2D eigenvalue weighted by molar-refractivity contribution is 5.43. The van der Waals surface area contributed by atoms with E-state index in [9.17, 15) is 5.11 Å². The van der Waals surface area contributed by atoms with Crippen molar-refractivity contribution < 1.29 is 9.84 Å². The van der Waals surface area contributed by atoms with Crippen molar-refractivity contribution in [3.8, 4) is 11.5 Å². The van der Waals surface area contributed by atoms with Gasteiger partial charge in [-0.2, -0.15) is 0 Å². The van der Waals surface area contributed by atoms with Crippen LogP contribution in [0.15, 0.2) is 18.2 Å². The van der Waals surface area contributed by atoms with Gasteiger partial charge in [-0.05, 0) is 30.5 Å². The molecule has 0 bridgehead atoms. The molecule has 15 heavy (non-hydrogen) atoms. The minimum Gasteiger partial charge on any atom is -0.504 e. The molecule has 0 fully saturated rings. The van der Waals surface area contributed by atoms with Gasteiger partial charge in [-0.3, -0.25) is 0 Å². The largest absolute Gasteiger partial charge is 0.504 e. The van der Waals surface area contributed by atoms with Crippen LogP contribution in [0.25, 0.3) is 0 Å². The Kier molecular flexibility index (Phi) is 3.25. The van der Waals surface area contributed by atoms with Crippen molar-refractivity contribution in [2.24, 2.45) is 11.7 Å². The Hall–Kier alpha value is -1.22. The van der Waals surface area contributed by atoms with E-state index in [0.29, 0.717) is 11.7 Å². The zero-order valence-electron chi connectivity index (χ0n) is 9.74. The number of benzene rings is 1. The molecule has 1 aromatic rings. The zero-order chi connectivity index (χ0) is 11.6. The first kappa shape index (κ1) is 11.9. The molecule has 0 heterocycles. The quantitative estimate of drug-likeness (QED) is 0.802. The first-order valence-corrected chi connectivity index (χ1v) is 5.06. The highest BCUT2D eigenvalue weighted by Crippen LogP contribution is 2.33. The van der Waals surface area contributed by atoms with Crippen molar-refractivity contribution in [1.29, 1.82) is 0 Å². The monoisotopic (exact) mass is 209 g/mol. The number of phenols is 1. The van der Waals surface area contributed by atoms with E-state index in [0.717, 1.165) is 5.56 Å². The van der Waals surface area contributed by atoms with Crippen LogP contribution in [0.5, 0.6) is 11.5 Å². The molecule has 0 aromatic heterocycles. The highest BCUT2D eigenvalue weighted by Gasteiger charge is 2.26. The fourth-order valence-electron chi connectivity index (χ4n) is 1.35. The van der Waals surface area contributed by atoms with E-state index >= 15 is 0 Å². The number of nitrogens with two attached hydrogens (primary N) is 1. The van der Waals surface area contributed by atoms with Gasteiger partial charge < -0.3 is 15.6 Å². The molecule has 1 aromatic carbocycles. The topological polar surface area (TPSA) is 55.5 Å². The molecule has 1 rings (SSSR count). The average Bonchev–Trinajstić information content (AvgIpc) is 2.18. The molecule has 0 saturated heterocycles. The summed E-state index contributed by atoms with van der Waals surface area (Å²) < 4.78 is 5.05. The van der Waals surface area contributed by atoms with Crippen molar-refractivity contribution in [2.75, 3.05) is 7.11 Å². The van der Waals surface area contributed by atoms with Gasteiger partial charge in [0.1, 0.15) is 0 Å². The highest BCUT2D eigenvalue weighted by atomic mass is 16.5. The number of rotatable bonds is 3. The van der Waals surface area contributed by atoms with Crippen molar-refractivity contribution >= 4 is 0 Å². The molecule has 0 saturated carbocycles. The predicted molar refractivity (Wildman–Crippen MR) is 61.0 cm³/mol. The van der Waals surface area contributed by atoms with Gasteiger partial charge in [0.15, 0.2) is 11.5 Å². The summed E-state index contributed by atoms with van der Waals surface area (Å²) in [5.74, 6) is 0.914. The minimum absolute atomic E-state index is 0.140. The number of methoxy groups -OCH3 is 1. The Morgan fingerprint density at radius 3 is 2.47 bits per heavy atom. The summed E-state index contributed by atoms with van der Waals surface area (Å²) in [5, 5.41) is 9.47. The summed E-state index contributed by atoms with van der Waals surface area (Å²) in [6, 6.07) is 5.23. The third-order valence-corrected chi connectivity index (χ3v) is 3.00. The minimum atomic E-state index is -0.416. The van der Waals surface area contributed by atoms with Crippen LogP contribution >= 0.6 is 0 Å². The lowest BCUT2D eigenvalue weighted by Crippen LogP contribution is -2.38. The van der Waals surface area contributed by atoms with E-state index in [1.54, 1.807) is 12.1 Å². The zero-order valence-corrected chi connectivity index (χ0v) is 9.74. The Bertz CT molecular complexity index is 345. The summed E-state index contributed by atoms with van der Waals surface area (Å²) >= 11 is 0. The lowest BCUT2D eigenvalue weighted by molar-refractivity contribution is 0.342. The molecule has 1 unspecified atom stereocenters. The molecule has 0 spiro atoms. The maximum Gasteiger partial charge on any atom is 0.160 e. The van der Waals surface area contributed by atoms with Crippen LogP contribution in [0.2, 0.25) is 0 Å². The molecular weight excluding hydrogens is 190 g/mol. The summed E-state index contributed by atoms with van der Waals surface area (Å²) in [7, 11) is 1.53. The van der Waals surface area contributed by atoms with Crippen molar-refractivity contribution in [3.63, 3.8) is 0 Å². The molecule has 0 aliphatic carbocycles. The van der Waals surface area contributed by atoms with Gasteiger partial charge in [-0.15, -0.1) is 0 Å². The van der Waals surface area contributed by atoms with Crippen molar-refractivity contribution in [1.82, 2.24) is 0 Å². The van der Waals surface area contributed by atoms with Crippen molar-refractivity contribution in [3.05, 3.63) is 23.8 Å². The molecule has 0 aliphatic rings. The lowest BCUT2D eigenvalue weighted by atomic mass is 9.82. The standard InChI is InChI=1S/C12H19NO2/c1-8(2)12(3,13)9-5-6-10(14)11(7-9)15-4/h5-8,14H,13H2,1-4H3. The molecule has 3 nitrogen and oxygen atoms in total. The Morgan fingerprint density at radius 2 is 2.00 bits per heavy atom.